The monoisotopic (exact) mass is 386 g/mol. The van der Waals surface area contributed by atoms with Crippen molar-refractivity contribution in [2.45, 2.75) is 38.8 Å². The van der Waals surface area contributed by atoms with E-state index in [0.717, 1.165) is 31.4 Å². The van der Waals surface area contributed by atoms with E-state index < -0.39 is 23.7 Å². The van der Waals surface area contributed by atoms with E-state index in [-0.39, 0.29) is 17.8 Å². The van der Waals surface area contributed by atoms with Crippen LogP contribution >= 0.6 is 0 Å². The fourth-order valence-electron chi connectivity index (χ4n) is 3.15. The van der Waals surface area contributed by atoms with Crippen molar-refractivity contribution in [1.29, 1.82) is 0 Å². The van der Waals surface area contributed by atoms with Crippen molar-refractivity contribution in [1.82, 2.24) is 0 Å². The molecule has 0 N–H and O–H groups in total. The molecule has 1 aromatic rings. The summed E-state index contributed by atoms with van der Waals surface area (Å²) in [6.45, 7) is 4.18. The number of allylic oxidation sites excluding steroid dienone is 1. The molecule has 0 bridgehead atoms. The van der Waals surface area contributed by atoms with E-state index in [9.17, 15) is 13.2 Å². The molecule has 0 atom stereocenters. The molecule has 0 aromatic heterocycles. The van der Waals surface area contributed by atoms with Crippen LogP contribution in [0.25, 0.3) is 0 Å². The van der Waals surface area contributed by atoms with E-state index in [4.69, 9.17) is 18.9 Å². The van der Waals surface area contributed by atoms with Crippen LogP contribution in [0, 0.1) is 29.3 Å². The third-order valence-electron chi connectivity index (χ3n) is 4.69. The summed E-state index contributed by atoms with van der Waals surface area (Å²) in [6, 6.07) is 1.80. The number of halogens is 3. The molecule has 3 rings (SSSR count). The Morgan fingerprint density at radius 2 is 1.56 bits per heavy atom. The van der Waals surface area contributed by atoms with Gasteiger partial charge in [-0.25, -0.2) is 13.2 Å². The van der Waals surface area contributed by atoms with Crippen LogP contribution in [0.1, 0.15) is 38.0 Å². The summed E-state index contributed by atoms with van der Waals surface area (Å²) >= 11 is 0. The number of ether oxygens (including phenoxy) is 4. The standard InChI is InChI=1S/C20H25F3O4/c1-2-3-4-13-9-24-18(25-10-13)6-5-14-11-26-20(27-12-14)15-7-16(21)19(23)17(22)8-15/h3-4,7-8,13-14,18,20H,2,5-6,9-12H2,1H3/t13-,14-,18-,20-. The lowest BCUT2D eigenvalue weighted by atomic mass is 10.0. The van der Waals surface area contributed by atoms with Crippen LogP contribution in [0.3, 0.4) is 0 Å². The summed E-state index contributed by atoms with van der Waals surface area (Å²) in [5.41, 5.74) is 0.134. The Labute approximate surface area is 157 Å². The lowest BCUT2D eigenvalue weighted by Gasteiger charge is -2.32. The zero-order valence-corrected chi connectivity index (χ0v) is 15.3. The number of benzene rings is 1. The Hall–Kier alpha value is -1.41. The minimum atomic E-state index is -1.49. The quantitative estimate of drug-likeness (QED) is 0.533. The first-order valence-corrected chi connectivity index (χ1v) is 9.34. The lowest BCUT2D eigenvalue weighted by Crippen LogP contribution is -2.33. The van der Waals surface area contributed by atoms with Gasteiger partial charge in [-0.2, -0.15) is 0 Å². The highest BCUT2D eigenvalue weighted by atomic mass is 19.2. The number of rotatable bonds is 6. The van der Waals surface area contributed by atoms with Gasteiger partial charge in [-0.3, -0.25) is 0 Å². The molecule has 1 aromatic carbocycles. The van der Waals surface area contributed by atoms with Gasteiger partial charge >= 0.3 is 0 Å². The summed E-state index contributed by atoms with van der Waals surface area (Å²) < 4.78 is 62.3. The van der Waals surface area contributed by atoms with Gasteiger partial charge in [0.2, 0.25) is 0 Å². The maximum absolute atomic E-state index is 13.3. The molecule has 0 spiro atoms. The van der Waals surface area contributed by atoms with Crippen LogP contribution in [0.4, 0.5) is 13.2 Å². The minimum absolute atomic E-state index is 0.134. The van der Waals surface area contributed by atoms with Crippen molar-refractivity contribution in [3.63, 3.8) is 0 Å². The molecule has 0 radical (unpaired) electrons. The van der Waals surface area contributed by atoms with Gasteiger partial charge in [0.05, 0.1) is 26.4 Å². The molecule has 2 heterocycles. The van der Waals surface area contributed by atoms with Crippen molar-refractivity contribution in [3.05, 3.63) is 47.3 Å². The summed E-state index contributed by atoms with van der Waals surface area (Å²) in [5.74, 6) is -3.55. The molecule has 27 heavy (non-hydrogen) atoms. The van der Waals surface area contributed by atoms with Crippen LogP contribution in [0.5, 0.6) is 0 Å². The van der Waals surface area contributed by atoms with Gasteiger partial charge in [0, 0.05) is 17.4 Å². The van der Waals surface area contributed by atoms with E-state index in [1.807, 2.05) is 0 Å². The Bertz CT molecular complexity index is 613. The largest absolute Gasteiger partial charge is 0.352 e. The maximum atomic E-state index is 13.3. The van der Waals surface area contributed by atoms with Gasteiger partial charge in [-0.05, 0) is 31.4 Å². The van der Waals surface area contributed by atoms with Crippen molar-refractivity contribution in [2.75, 3.05) is 26.4 Å². The molecule has 0 aliphatic carbocycles. The summed E-state index contributed by atoms with van der Waals surface area (Å²) in [4.78, 5) is 0. The van der Waals surface area contributed by atoms with Gasteiger partial charge < -0.3 is 18.9 Å². The van der Waals surface area contributed by atoms with Crippen molar-refractivity contribution < 1.29 is 32.1 Å². The van der Waals surface area contributed by atoms with Crippen LogP contribution in [0.15, 0.2) is 24.3 Å². The highest BCUT2D eigenvalue weighted by Gasteiger charge is 2.27. The average Bonchev–Trinajstić information content (AvgIpc) is 2.69. The third-order valence-corrected chi connectivity index (χ3v) is 4.69. The first kappa shape index (κ1) is 20.3. The van der Waals surface area contributed by atoms with Crippen molar-refractivity contribution in [3.8, 4) is 0 Å². The molecule has 2 saturated heterocycles. The highest BCUT2D eigenvalue weighted by molar-refractivity contribution is 5.20. The molecule has 2 fully saturated rings. The molecular formula is C20H25F3O4. The first-order valence-electron chi connectivity index (χ1n) is 9.34. The van der Waals surface area contributed by atoms with E-state index >= 15 is 0 Å². The molecule has 150 valence electrons. The van der Waals surface area contributed by atoms with Crippen molar-refractivity contribution in [2.24, 2.45) is 11.8 Å². The fraction of sp³-hybridized carbons (Fsp3) is 0.600. The molecule has 2 aliphatic heterocycles. The zero-order chi connectivity index (χ0) is 19.2. The second-order valence-electron chi connectivity index (χ2n) is 6.93. The molecular weight excluding hydrogens is 361 g/mol. The maximum Gasteiger partial charge on any atom is 0.194 e. The first-order chi connectivity index (χ1) is 13.1. The highest BCUT2D eigenvalue weighted by Crippen LogP contribution is 2.29. The smallest absolute Gasteiger partial charge is 0.194 e. The van der Waals surface area contributed by atoms with Gasteiger partial charge in [0.15, 0.2) is 30.0 Å². The topological polar surface area (TPSA) is 36.9 Å². The zero-order valence-electron chi connectivity index (χ0n) is 15.3. The lowest BCUT2D eigenvalue weighted by molar-refractivity contribution is -0.217. The normalized spacial score (nSPS) is 29.3. The number of hydrogen-bond donors (Lipinski definition) is 0. The Kier molecular flexibility index (Phi) is 7.29. The predicted octanol–water partition coefficient (Wildman–Crippen LogP) is 4.50. The van der Waals surface area contributed by atoms with Gasteiger partial charge in [0.25, 0.3) is 0 Å². The summed E-state index contributed by atoms with van der Waals surface area (Å²) in [6.07, 6.45) is 5.64. The van der Waals surface area contributed by atoms with Crippen LogP contribution in [-0.2, 0) is 18.9 Å². The Balaban J connectivity index is 1.40. The SMILES string of the molecule is CCC=C[C@H]1CO[C@H](CC[C@H]2CO[C@H](c3cc(F)c(F)c(F)c3)OC2)OC1. The van der Waals surface area contributed by atoms with Gasteiger partial charge in [0.1, 0.15) is 0 Å². The van der Waals surface area contributed by atoms with E-state index in [2.05, 4.69) is 19.1 Å². The van der Waals surface area contributed by atoms with Gasteiger partial charge in [-0.15, -0.1) is 0 Å². The van der Waals surface area contributed by atoms with E-state index in [1.165, 1.54) is 0 Å². The molecule has 0 saturated carbocycles. The molecule has 4 nitrogen and oxygen atoms in total. The minimum Gasteiger partial charge on any atom is -0.352 e. The van der Waals surface area contributed by atoms with Crippen LogP contribution in [-0.4, -0.2) is 32.7 Å². The average molecular weight is 386 g/mol. The van der Waals surface area contributed by atoms with Crippen LogP contribution in [0.2, 0.25) is 0 Å². The Morgan fingerprint density at radius 3 is 2.15 bits per heavy atom. The molecule has 0 unspecified atom stereocenters. The van der Waals surface area contributed by atoms with Crippen molar-refractivity contribution >= 4 is 0 Å². The van der Waals surface area contributed by atoms with Gasteiger partial charge in [-0.1, -0.05) is 19.1 Å². The second-order valence-corrected chi connectivity index (χ2v) is 6.93. The van der Waals surface area contributed by atoms with E-state index in [1.54, 1.807) is 0 Å². The summed E-state index contributed by atoms with van der Waals surface area (Å²) in [5, 5.41) is 0. The fourth-order valence-corrected chi connectivity index (χ4v) is 3.15. The second kappa shape index (κ2) is 9.68. The molecule has 2 aliphatic rings. The van der Waals surface area contributed by atoms with E-state index in [0.29, 0.717) is 32.3 Å². The molecule has 7 heteroatoms. The predicted molar refractivity (Wildman–Crippen MR) is 92.3 cm³/mol. The summed E-state index contributed by atoms with van der Waals surface area (Å²) in [7, 11) is 0. The third kappa shape index (κ3) is 5.54. The number of hydrogen-bond acceptors (Lipinski definition) is 4. The molecule has 0 amide bonds. The van der Waals surface area contributed by atoms with Crippen LogP contribution < -0.4 is 0 Å². The Morgan fingerprint density at radius 1 is 0.926 bits per heavy atom.